The van der Waals surface area contributed by atoms with Crippen LogP contribution in [0.5, 0.6) is 0 Å². The van der Waals surface area contributed by atoms with Crippen molar-refractivity contribution in [3.8, 4) is 22.3 Å². The van der Waals surface area contributed by atoms with Crippen LogP contribution in [0.15, 0.2) is 60.7 Å². The lowest BCUT2D eigenvalue weighted by Crippen LogP contribution is -2.33. The minimum Gasteiger partial charge on any atom is -0.478 e. The van der Waals surface area contributed by atoms with Gasteiger partial charge < -0.3 is 14.6 Å². The zero-order chi connectivity index (χ0) is 24.7. The molecule has 0 aliphatic heterocycles. The molecule has 3 aromatic rings. The van der Waals surface area contributed by atoms with Crippen LogP contribution in [-0.2, 0) is 20.3 Å². The Morgan fingerprint density at radius 3 is 1.82 bits per heavy atom. The Morgan fingerprint density at radius 1 is 0.735 bits per heavy atom. The van der Waals surface area contributed by atoms with Gasteiger partial charge in [-0.15, -0.1) is 0 Å². The fourth-order valence-electron chi connectivity index (χ4n) is 5.06. The molecular formula is C30H34O4. The number of fused-ring (bicyclic) bond motifs is 1. The van der Waals surface area contributed by atoms with Crippen LogP contribution >= 0.6 is 0 Å². The molecule has 178 valence electrons. The van der Waals surface area contributed by atoms with E-state index < -0.39 is 12.3 Å². The van der Waals surface area contributed by atoms with Gasteiger partial charge in [0.05, 0.1) is 5.56 Å². The number of methoxy groups -OCH3 is 2. The maximum Gasteiger partial charge on any atom is 0.335 e. The lowest BCUT2D eigenvalue weighted by molar-refractivity contribution is -0.105. The van der Waals surface area contributed by atoms with E-state index in [0.29, 0.717) is 0 Å². The van der Waals surface area contributed by atoms with Crippen LogP contribution in [0.1, 0.15) is 73.9 Å². The Balaban J connectivity index is 1.87. The Labute approximate surface area is 202 Å². The molecule has 34 heavy (non-hydrogen) atoms. The Kier molecular flexibility index (Phi) is 6.41. The molecule has 1 aliphatic carbocycles. The van der Waals surface area contributed by atoms with Crippen LogP contribution in [0.4, 0.5) is 0 Å². The molecule has 0 aromatic heterocycles. The van der Waals surface area contributed by atoms with Crippen molar-refractivity contribution >= 4 is 5.97 Å². The van der Waals surface area contributed by atoms with Crippen molar-refractivity contribution in [3.63, 3.8) is 0 Å². The van der Waals surface area contributed by atoms with Gasteiger partial charge in [-0.25, -0.2) is 4.79 Å². The topological polar surface area (TPSA) is 55.8 Å². The molecule has 4 rings (SSSR count). The molecule has 0 atom stereocenters. The van der Waals surface area contributed by atoms with Crippen LogP contribution in [0.3, 0.4) is 0 Å². The fourth-order valence-corrected chi connectivity index (χ4v) is 5.06. The van der Waals surface area contributed by atoms with E-state index in [0.717, 1.165) is 34.2 Å². The Bertz CT molecular complexity index is 1200. The SMILES string of the molecule is COC(OC)c1cc(-c2ccc(C(=O)O)cc2)cc(-c2ccc3c(c2)C(C)(C)CCC3(C)C)c1. The van der Waals surface area contributed by atoms with Crippen LogP contribution in [-0.4, -0.2) is 25.3 Å². The molecule has 3 aromatic carbocycles. The van der Waals surface area contributed by atoms with Crippen molar-refractivity contribution in [2.24, 2.45) is 0 Å². The molecule has 0 amide bonds. The number of ether oxygens (including phenoxy) is 2. The summed E-state index contributed by atoms with van der Waals surface area (Å²) in [5, 5.41) is 9.26. The van der Waals surface area contributed by atoms with Gasteiger partial charge in [0, 0.05) is 19.8 Å². The zero-order valence-corrected chi connectivity index (χ0v) is 20.9. The van der Waals surface area contributed by atoms with Crippen LogP contribution in [0.25, 0.3) is 22.3 Å². The third-order valence-corrected chi connectivity index (χ3v) is 7.31. The second-order valence-corrected chi connectivity index (χ2v) is 10.6. The second kappa shape index (κ2) is 9.01. The number of carboxylic acid groups (broad SMARTS) is 1. The van der Waals surface area contributed by atoms with Gasteiger partial charge in [0.15, 0.2) is 6.29 Å². The van der Waals surface area contributed by atoms with Crippen molar-refractivity contribution in [1.82, 2.24) is 0 Å². The summed E-state index contributed by atoms with van der Waals surface area (Å²) in [7, 11) is 3.26. The standard InChI is InChI=1S/C30H34O4/c1-29(2)13-14-30(3,4)26-18-21(11-12-25(26)29)23-15-22(16-24(17-23)28(33-5)34-6)19-7-9-20(10-8-19)27(31)32/h7-12,15-18,28H,13-14H2,1-6H3,(H,31,32). The van der Waals surface area contributed by atoms with Crippen molar-refractivity contribution in [1.29, 1.82) is 0 Å². The van der Waals surface area contributed by atoms with Gasteiger partial charge in [-0.2, -0.15) is 0 Å². The molecule has 0 saturated heterocycles. The fraction of sp³-hybridized carbons (Fsp3) is 0.367. The highest BCUT2D eigenvalue weighted by Crippen LogP contribution is 2.47. The molecule has 0 fully saturated rings. The highest BCUT2D eigenvalue weighted by atomic mass is 16.7. The first-order chi connectivity index (χ1) is 16.1. The van der Waals surface area contributed by atoms with Gasteiger partial charge >= 0.3 is 5.97 Å². The predicted molar refractivity (Wildman–Crippen MR) is 136 cm³/mol. The molecule has 0 spiro atoms. The minimum atomic E-state index is -0.931. The van der Waals surface area contributed by atoms with Gasteiger partial charge in [0.2, 0.25) is 0 Å². The van der Waals surface area contributed by atoms with Gasteiger partial charge in [0.25, 0.3) is 0 Å². The summed E-state index contributed by atoms with van der Waals surface area (Å²) in [6, 6.07) is 20.1. The van der Waals surface area contributed by atoms with E-state index in [-0.39, 0.29) is 16.4 Å². The monoisotopic (exact) mass is 458 g/mol. The Morgan fingerprint density at radius 2 is 1.26 bits per heavy atom. The van der Waals surface area contributed by atoms with Gasteiger partial charge in [-0.1, -0.05) is 58.0 Å². The van der Waals surface area contributed by atoms with E-state index in [1.54, 1.807) is 26.4 Å². The number of carboxylic acids is 1. The second-order valence-electron chi connectivity index (χ2n) is 10.6. The van der Waals surface area contributed by atoms with Crippen molar-refractivity contribution < 1.29 is 19.4 Å². The van der Waals surface area contributed by atoms with Gasteiger partial charge in [-0.05, 0) is 87.4 Å². The highest BCUT2D eigenvalue weighted by Gasteiger charge is 2.37. The Hall–Kier alpha value is -2.95. The van der Waals surface area contributed by atoms with Crippen LogP contribution < -0.4 is 0 Å². The number of hydrogen-bond donors (Lipinski definition) is 1. The summed E-state index contributed by atoms with van der Waals surface area (Å²) in [6.45, 7) is 9.34. The molecule has 4 nitrogen and oxygen atoms in total. The largest absolute Gasteiger partial charge is 0.478 e. The average Bonchev–Trinajstić information content (AvgIpc) is 2.82. The van der Waals surface area contributed by atoms with Crippen molar-refractivity contribution in [2.45, 2.75) is 57.7 Å². The summed E-state index contributed by atoms with van der Waals surface area (Å²) >= 11 is 0. The summed E-state index contributed by atoms with van der Waals surface area (Å²) in [5.74, 6) is -0.931. The lowest BCUT2D eigenvalue weighted by atomic mass is 9.63. The third kappa shape index (κ3) is 4.53. The molecule has 1 aliphatic rings. The van der Waals surface area contributed by atoms with E-state index in [1.807, 2.05) is 18.2 Å². The summed E-state index contributed by atoms with van der Waals surface area (Å²) in [4.78, 5) is 11.3. The van der Waals surface area contributed by atoms with Crippen LogP contribution in [0.2, 0.25) is 0 Å². The normalized spacial score (nSPS) is 16.3. The summed E-state index contributed by atoms with van der Waals surface area (Å²) < 4.78 is 11.1. The summed E-state index contributed by atoms with van der Waals surface area (Å²) in [6.07, 6.45) is 1.85. The van der Waals surface area contributed by atoms with E-state index in [9.17, 15) is 9.90 Å². The van der Waals surface area contributed by atoms with E-state index in [2.05, 4.69) is 58.0 Å². The van der Waals surface area contributed by atoms with Crippen molar-refractivity contribution in [3.05, 3.63) is 82.9 Å². The van der Waals surface area contributed by atoms with Gasteiger partial charge in [-0.3, -0.25) is 0 Å². The molecule has 4 heteroatoms. The van der Waals surface area contributed by atoms with Crippen LogP contribution in [0, 0.1) is 0 Å². The predicted octanol–water partition coefficient (Wildman–Crippen LogP) is 7.36. The molecule has 0 unspecified atom stereocenters. The highest BCUT2D eigenvalue weighted by molar-refractivity contribution is 5.88. The summed E-state index contributed by atoms with van der Waals surface area (Å²) in [5.41, 5.74) is 8.47. The number of rotatable bonds is 6. The first-order valence-electron chi connectivity index (χ1n) is 11.8. The quantitative estimate of drug-likeness (QED) is 0.392. The first-order valence-corrected chi connectivity index (χ1v) is 11.8. The number of benzene rings is 3. The number of carbonyl (C=O) groups is 1. The third-order valence-electron chi connectivity index (χ3n) is 7.31. The lowest BCUT2D eigenvalue weighted by Gasteiger charge is -2.42. The molecular weight excluding hydrogens is 424 g/mol. The number of hydrogen-bond acceptors (Lipinski definition) is 3. The maximum atomic E-state index is 11.3. The number of aromatic carboxylic acids is 1. The molecule has 0 saturated carbocycles. The average molecular weight is 459 g/mol. The van der Waals surface area contributed by atoms with E-state index >= 15 is 0 Å². The maximum absolute atomic E-state index is 11.3. The first kappa shape index (κ1) is 24.2. The van der Waals surface area contributed by atoms with Gasteiger partial charge in [0.1, 0.15) is 0 Å². The van der Waals surface area contributed by atoms with Crippen molar-refractivity contribution in [2.75, 3.05) is 14.2 Å². The molecule has 0 radical (unpaired) electrons. The molecule has 0 bridgehead atoms. The zero-order valence-electron chi connectivity index (χ0n) is 20.9. The molecule has 1 N–H and O–H groups in total. The molecule has 0 heterocycles. The van der Waals surface area contributed by atoms with E-state index in [4.69, 9.17) is 9.47 Å². The smallest absolute Gasteiger partial charge is 0.335 e. The minimum absolute atomic E-state index is 0.121. The van der Waals surface area contributed by atoms with E-state index in [1.165, 1.54) is 17.5 Å².